The van der Waals surface area contributed by atoms with E-state index in [1.807, 2.05) is 12.1 Å². The molecule has 0 atom stereocenters. The minimum Gasteiger partial charge on any atom is -0.469 e. The van der Waals surface area contributed by atoms with Crippen LogP contribution in [0.3, 0.4) is 0 Å². The van der Waals surface area contributed by atoms with Crippen LogP contribution in [0.25, 0.3) is 0 Å². The largest absolute Gasteiger partial charge is 0.469 e. The van der Waals surface area contributed by atoms with Crippen molar-refractivity contribution in [3.05, 3.63) is 30.1 Å². The van der Waals surface area contributed by atoms with Crippen molar-refractivity contribution in [2.45, 2.75) is 38.1 Å². The smallest absolute Gasteiger partial charge is 0.308 e. The van der Waals surface area contributed by atoms with Gasteiger partial charge in [-0.1, -0.05) is 6.07 Å². The molecule has 0 saturated heterocycles. The summed E-state index contributed by atoms with van der Waals surface area (Å²) in [6.45, 7) is 0. The van der Waals surface area contributed by atoms with Crippen molar-refractivity contribution < 1.29 is 14.3 Å². The SMILES string of the molecule is COC(=O)C1CCC(NC(=O)Cc2cccnc2)CC1. The van der Waals surface area contributed by atoms with Crippen molar-refractivity contribution in [3.63, 3.8) is 0 Å². The number of methoxy groups -OCH3 is 1. The first-order valence-corrected chi connectivity index (χ1v) is 6.95. The molecule has 108 valence electrons. The summed E-state index contributed by atoms with van der Waals surface area (Å²) in [4.78, 5) is 27.3. The van der Waals surface area contributed by atoms with Gasteiger partial charge in [0, 0.05) is 18.4 Å². The molecule has 1 heterocycles. The number of aromatic nitrogens is 1. The van der Waals surface area contributed by atoms with E-state index in [2.05, 4.69) is 10.3 Å². The van der Waals surface area contributed by atoms with Crippen LogP contribution >= 0.6 is 0 Å². The number of nitrogens with zero attached hydrogens (tertiary/aromatic N) is 1. The van der Waals surface area contributed by atoms with Crippen molar-refractivity contribution in [1.29, 1.82) is 0 Å². The lowest BCUT2D eigenvalue weighted by molar-refractivity contribution is -0.146. The number of nitrogens with one attached hydrogen (secondary N) is 1. The second-order valence-electron chi connectivity index (χ2n) is 5.18. The second kappa shape index (κ2) is 7.03. The summed E-state index contributed by atoms with van der Waals surface area (Å²) in [5, 5.41) is 3.03. The third-order valence-corrected chi connectivity index (χ3v) is 3.71. The average Bonchev–Trinajstić information content (AvgIpc) is 2.48. The molecule has 0 bridgehead atoms. The van der Waals surface area contributed by atoms with Crippen LogP contribution in [0, 0.1) is 5.92 Å². The highest BCUT2D eigenvalue weighted by Crippen LogP contribution is 2.25. The molecule has 1 N–H and O–H groups in total. The van der Waals surface area contributed by atoms with Gasteiger partial charge in [-0.2, -0.15) is 0 Å². The first-order chi connectivity index (χ1) is 9.69. The second-order valence-corrected chi connectivity index (χ2v) is 5.18. The molecular formula is C15H20N2O3. The highest BCUT2D eigenvalue weighted by atomic mass is 16.5. The van der Waals surface area contributed by atoms with E-state index in [-0.39, 0.29) is 23.8 Å². The summed E-state index contributed by atoms with van der Waals surface area (Å²) in [6, 6.07) is 3.88. The number of carbonyl (C=O) groups is 2. The van der Waals surface area contributed by atoms with E-state index in [0.717, 1.165) is 31.2 Å². The summed E-state index contributed by atoms with van der Waals surface area (Å²) in [6.07, 6.45) is 6.97. The molecule has 1 saturated carbocycles. The summed E-state index contributed by atoms with van der Waals surface area (Å²) >= 11 is 0. The van der Waals surface area contributed by atoms with E-state index in [9.17, 15) is 9.59 Å². The molecule has 0 unspecified atom stereocenters. The Morgan fingerprint density at radius 2 is 2.10 bits per heavy atom. The van der Waals surface area contributed by atoms with Gasteiger partial charge in [-0.05, 0) is 37.3 Å². The third-order valence-electron chi connectivity index (χ3n) is 3.71. The van der Waals surface area contributed by atoms with Crippen LogP contribution < -0.4 is 5.32 Å². The molecule has 5 nitrogen and oxygen atoms in total. The number of pyridine rings is 1. The van der Waals surface area contributed by atoms with Gasteiger partial charge >= 0.3 is 5.97 Å². The van der Waals surface area contributed by atoms with E-state index in [1.165, 1.54) is 7.11 Å². The lowest BCUT2D eigenvalue weighted by Gasteiger charge is -2.27. The molecule has 0 aromatic carbocycles. The molecule has 0 spiro atoms. The fraction of sp³-hybridized carbons (Fsp3) is 0.533. The van der Waals surface area contributed by atoms with Crippen LogP contribution in [0.2, 0.25) is 0 Å². The Morgan fingerprint density at radius 3 is 2.70 bits per heavy atom. The zero-order chi connectivity index (χ0) is 14.4. The van der Waals surface area contributed by atoms with E-state index in [0.29, 0.717) is 6.42 Å². The van der Waals surface area contributed by atoms with Gasteiger partial charge in [-0.3, -0.25) is 14.6 Å². The number of ether oxygens (including phenoxy) is 1. The minimum atomic E-state index is -0.134. The lowest BCUT2D eigenvalue weighted by atomic mass is 9.86. The topological polar surface area (TPSA) is 68.3 Å². The minimum absolute atomic E-state index is 0.00789. The fourth-order valence-electron chi connectivity index (χ4n) is 2.61. The van der Waals surface area contributed by atoms with Crippen molar-refractivity contribution >= 4 is 11.9 Å². The number of carbonyl (C=O) groups excluding carboxylic acids is 2. The first kappa shape index (κ1) is 14.5. The van der Waals surface area contributed by atoms with E-state index in [1.54, 1.807) is 12.4 Å². The van der Waals surface area contributed by atoms with E-state index < -0.39 is 0 Å². The van der Waals surface area contributed by atoms with Gasteiger partial charge in [-0.15, -0.1) is 0 Å². The number of rotatable bonds is 4. The predicted molar refractivity (Wildman–Crippen MR) is 73.8 cm³/mol. The standard InChI is InChI=1S/C15H20N2O3/c1-20-15(19)12-4-6-13(7-5-12)17-14(18)9-11-3-2-8-16-10-11/h2-3,8,10,12-13H,4-7,9H2,1H3,(H,17,18). The Labute approximate surface area is 118 Å². The number of amides is 1. The van der Waals surface area contributed by atoms with Crippen LogP contribution in [0.4, 0.5) is 0 Å². The molecule has 20 heavy (non-hydrogen) atoms. The summed E-state index contributed by atoms with van der Waals surface area (Å²) in [5.74, 6) is -0.129. The Morgan fingerprint density at radius 1 is 1.35 bits per heavy atom. The van der Waals surface area contributed by atoms with Crippen LogP contribution in [-0.2, 0) is 20.7 Å². The molecule has 1 aliphatic rings. The zero-order valence-electron chi connectivity index (χ0n) is 11.7. The van der Waals surface area contributed by atoms with Crippen molar-refractivity contribution in [1.82, 2.24) is 10.3 Å². The molecule has 2 rings (SSSR count). The van der Waals surface area contributed by atoms with Gasteiger partial charge in [0.05, 0.1) is 19.4 Å². The monoisotopic (exact) mass is 276 g/mol. The molecule has 1 fully saturated rings. The summed E-state index contributed by atoms with van der Waals surface area (Å²) in [5.41, 5.74) is 0.910. The lowest BCUT2D eigenvalue weighted by Crippen LogP contribution is -2.39. The van der Waals surface area contributed by atoms with Crippen LogP contribution in [0.1, 0.15) is 31.2 Å². The van der Waals surface area contributed by atoms with Gasteiger partial charge in [0.15, 0.2) is 0 Å². The molecule has 0 radical (unpaired) electrons. The molecule has 1 aliphatic carbocycles. The van der Waals surface area contributed by atoms with Crippen LogP contribution in [0.15, 0.2) is 24.5 Å². The number of esters is 1. The summed E-state index contributed by atoms with van der Waals surface area (Å²) < 4.78 is 4.75. The molecule has 1 aromatic rings. The van der Waals surface area contributed by atoms with Gasteiger partial charge in [0.2, 0.25) is 5.91 Å². The molecular weight excluding hydrogens is 256 g/mol. The maximum Gasteiger partial charge on any atom is 0.308 e. The highest BCUT2D eigenvalue weighted by Gasteiger charge is 2.27. The van der Waals surface area contributed by atoms with E-state index in [4.69, 9.17) is 4.74 Å². The van der Waals surface area contributed by atoms with Gasteiger partial charge < -0.3 is 10.1 Å². The fourth-order valence-corrected chi connectivity index (χ4v) is 2.61. The summed E-state index contributed by atoms with van der Waals surface area (Å²) in [7, 11) is 1.42. The third kappa shape index (κ3) is 4.05. The first-order valence-electron chi connectivity index (χ1n) is 6.95. The Hall–Kier alpha value is -1.91. The molecule has 0 aliphatic heterocycles. The van der Waals surface area contributed by atoms with Crippen LogP contribution in [-0.4, -0.2) is 30.0 Å². The normalized spacial score (nSPS) is 22.1. The highest BCUT2D eigenvalue weighted by molar-refractivity contribution is 5.78. The Bertz CT molecular complexity index is 453. The molecule has 1 amide bonds. The molecule has 5 heteroatoms. The zero-order valence-corrected chi connectivity index (χ0v) is 11.7. The van der Waals surface area contributed by atoms with Gasteiger partial charge in [-0.25, -0.2) is 0 Å². The van der Waals surface area contributed by atoms with Gasteiger partial charge in [0.25, 0.3) is 0 Å². The Balaban J connectivity index is 1.75. The number of hydrogen-bond acceptors (Lipinski definition) is 4. The van der Waals surface area contributed by atoms with Crippen molar-refractivity contribution in [3.8, 4) is 0 Å². The maximum absolute atomic E-state index is 11.9. The van der Waals surface area contributed by atoms with Crippen molar-refractivity contribution in [2.24, 2.45) is 5.92 Å². The van der Waals surface area contributed by atoms with E-state index >= 15 is 0 Å². The van der Waals surface area contributed by atoms with Crippen molar-refractivity contribution in [2.75, 3.05) is 7.11 Å². The predicted octanol–water partition coefficient (Wildman–Crippen LogP) is 1.47. The average molecular weight is 276 g/mol. The Kier molecular flexibility index (Phi) is 5.09. The van der Waals surface area contributed by atoms with Crippen LogP contribution in [0.5, 0.6) is 0 Å². The number of hydrogen-bond donors (Lipinski definition) is 1. The molecule has 1 aromatic heterocycles. The maximum atomic E-state index is 11.9. The van der Waals surface area contributed by atoms with Gasteiger partial charge in [0.1, 0.15) is 0 Å². The quantitative estimate of drug-likeness (QED) is 0.846.